The minimum absolute atomic E-state index is 0.254. The SMILES string of the molecule is O=C(C1CNC1)N1CC[C@@H]2COC[C@H]2C1. The lowest BCUT2D eigenvalue weighted by atomic mass is 9.87. The summed E-state index contributed by atoms with van der Waals surface area (Å²) in [6, 6.07) is 0. The first-order valence-corrected chi connectivity index (χ1v) is 5.92. The number of carbonyl (C=O) groups is 1. The third-order valence-corrected chi connectivity index (χ3v) is 4.00. The molecule has 3 heterocycles. The van der Waals surface area contributed by atoms with Gasteiger partial charge in [0.15, 0.2) is 0 Å². The molecule has 2 atom stereocenters. The molecule has 0 radical (unpaired) electrons. The van der Waals surface area contributed by atoms with Gasteiger partial charge in [0.2, 0.25) is 5.91 Å². The van der Waals surface area contributed by atoms with Crippen molar-refractivity contribution in [2.24, 2.45) is 17.8 Å². The molecule has 1 N–H and O–H groups in total. The van der Waals surface area contributed by atoms with Crippen molar-refractivity contribution in [1.82, 2.24) is 10.2 Å². The van der Waals surface area contributed by atoms with E-state index in [0.717, 1.165) is 45.8 Å². The van der Waals surface area contributed by atoms with Crippen molar-refractivity contribution in [3.05, 3.63) is 0 Å². The normalized spacial score (nSPS) is 36.1. The van der Waals surface area contributed by atoms with Crippen LogP contribution in [0.3, 0.4) is 0 Å². The summed E-state index contributed by atoms with van der Waals surface area (Å²) < 4.78 is 5.47. The number of rotatable bonds is 1. The van der Waals surface area contributed by atoms with E-state index in [9.17, 15) is 4.79 Å². The second-order valence-corrected chi connectivity index (χ2v) is 4.99. The fourth-order valence-corrected chi connectivity index (χ4v) is 2.78. The van der Waals surface area contributed by atoms with Crippen LogP contribution in [0.1, 0.15) is 6.42 Å². The average molecular weight is 210 g/mol. The van der Waals surface area contributed by atoms with E-state index in [-0.39, 0.29) is 5.92 Å². The zero-order chi connectivity index (χ0) is 10.3. The van der Waals surface area contributed by atoms with E-state index in [0.29, 0.717) is 17.7 Å². The fraction of sp³-hybridized carbons (Fsp3) is 0.909. The van der Waals surface area contributed by atoms with E-state index in [1.807, 2.05) is 0 Å². The van der Waals surface area contributed by atoms with Crippen LogP contribution >= 0.6 is 0 Å². The number of fused-ring (bicyclic) bond motifs is 1. The van der Waals surface area contributed by atoms with Gasteiger partial charge in [-0.15, -0.1) is 0 Å². The number of amides is 1. The Bertz CT molecular complexity index is 265. The molecule has 0 saturated carbocycles. The third kappa shape index (κ3) is 1.66. The third-order valence-electron chi connectivity index (χ3n) is 4.00. The molecule has 0 unspecified atom stereocenters. The zero-order valence-corrected chi connectivity index (χ0v) is 8.95. The molecule has 0 bridgehead atoms. The van der Waals surface area contributed by atoms with Crippen LogP contribution in [0.2, 0.25) is 0 Å². The summed E-state index contributed by atoms with van der Waals surface area (Å²) >= 11 is 0. The standard InChI is InChI=1S/C11H18N2O2/c14-11(9-3-12-4-9)13-2-1-8-6-15-7-10(8)5-13/h8-10,12H,1-7H2/t8-,10-/m1/s1. The number of piperidine rings is 1. The molecule has 3 saturated heterocycles. The van der Waals surface area contributed by atoms with Crippen LogP contribution in [0.25, 0.3) is 0 Å². The maximum atomic E-state index is 12.0. The van der Waals surface area contributed by atoms with Gasteiger partial charge in [0, 0.05) is 38.7 Å². The molecule has 3 fully saturated rings. The maximum absolute atomic E-state index is 12.0. The second-order valence-electron chi connectivity index (χ2n) is 4.99. The van der Waals surface area contributed by atoms with Crippen LogP contribution in [0, 0.1) is 17.8 Å². The number of hydrogen-bond acceptors (Lipinski definition) is 3. The lowest BCUT2D eigenvalue weighted by molar-refractivity contribution is -0.139. The lowest BCUT2D eigenvalue weighted by Gasteiger charge is -2.38. The Balaban J connectivity index is 1.60. The number of carbonyl (C=O) groups excluding carboxylic acids is 1. The smallest absolute Gasteiger partial charge is 0.228 e. The van der Waals surface area contributed by atoms with Crippen molar-refractivity contribution in [3.8, 4) is 0 Å². The highest BCUT2D eigenvalue weighted by molar-refractivity contribution is 5.80. The summed E-state index contributed by atoms with van der Waals surface area (Å²) in [5.41, 5.74) is 0. The second kappa shape index (κ2) is 3.76. The molecule has 3 aliphatic rings. The van der Waals surface area contributed by atoms with Crippen LogP contribution in [-0.2, 0) is 9.53 Å². The van der Waals surface area contributed by atoms with Gasteiger partial charge in [-0.05, 0) is 12.3 Å². The van der Waals surface area contributed by atoms with Gasteiger partial charge in [-0.25, -0.2) is 0 Å². The Kier molecular flexibility index (Phi) is 2.41. The molecule has 4 heteroatoms. The van der Waals surface area contributed by atoms with Gasteiger partial charge in [0.1, 0.15) is 0 Å². The van der Waals surface area contributed by atoms with Crippen LogP contribution < -0.4 is 5.32 Å². The summed E-state index contributed by atoms with van der Waals surface area (Å²) in [6.45, 7) is 5.40. The largest absolute Gasteiger partial charge is 0.381 e. The van der Waals surface area contributed by atoms with E-state index >= 15 is 0 Å². The van der Waals surface area contributed by atoms with Crippen LogP contribution in [0.15, 0.2) is 0 Å². The van der Waals surface area contributed by atoms with Gasteiger partial charge in [-0.1, -0.05) is 0 Å². The molecule has 3 aliphatic heterocycles. The minimum Gasteiger partial charge on any atom is -0.381 e. The molecule has 3 rings (SSSR count). The number of likely N-dealkylation sites (tertiary alicyclic amines) is 1. The molecule has 84 valence electrons. The number of ether oxygens (including phenoxy) is 1. The number of nitrogens with zero attached hydrogens (tertiary/aromatic N) is 1. The van der Waals surface area contributed by atoms with Gasteiger partial charge in [0.25, 0.3) is 0 Å². The van der Waals surface area contributed by atoms with Crippen molar-refractivity contribution >= 4 is 5.91 Å². The molecule has 0 aromatic carbocycles. The molecule has 0 aromatic heterocycles. The molecule has 4 nitrogen and oxygen atoms in total. The van der Waals surface area contributed by atoms with Gasteiger partial charge in [-0.3, -0.25) is 4.79 Å². The van der Waals surface area contributed by atoms with Crippen LogP contribution in [0.4, 0.5) is 0 Å². The Morgan fingerprint density at radius 1 is 1.27 bits per heavy atom. The van der Waals surface area contributed by atoms with E-state index < -0.39 is 0 Å². The molecule has 0 spiro atoms. The van der Waals surface area contributed by atoms with Crippen molar-refractivity contribution in [3.63, 3.8) is 0 Å². The minimum atomic E-state index is 0.254. The Morgan fingerprint density at radius 3 is 2.80 bits per heavy atom. The Labute approximate surface area is 90.0 Å². The molecular formula is C11H18N2O2. The van der Waals surface area contributed by atoms with Crippen molar-refractivity contribution in [1.29, 1.82) is 0 Å². The van der Waals surface area contributed by atoms with Gasteiger partial charge < -0.3 is 15.0 Å². The quantitative estimate of drug-likeness (QED) is 0.646. The summed E-state index contributed by atoms with van der Waals surface area (Å²) in [7, 11) is 0. The van der Waals surface area contributed by atoms with Gasteiger partial charge in [0.05, 0.1) is 12.5 Å². The molecule has 0 aromatic rings. The molecular weight excluding hydrogens is 192 g/mol. The van der Waals surface area contributed by atoms with Crippen molar-refractivity contribution in [2.75, 3.05) is 39.4 Å². The van der Waals surface area contributed by atoms with Crippen LogP contribution in [-0.4, -0.2) is 50.2 Å². The van der Waals surface area contributed by atoms with Crippen LogP contribution in [0.5, 0.6) is 0 Å². The fourth-order valence-electron chi connectivity index (χ4n) is 2.78. The highest BCUT2D eigenvalue weighted by Crippen LogP contribution is 2.30. The first-order chi connectivity index (χ1) is 7.34. The van der Waals surface area contributed by atoms with Crippen molar-refractivity contribution in [2.45, 2.75) is 6.42 Å². The highest BCUT2D eigenvalue weighted by Gasteiger charge is 2.38. The van der Waals surface area contributed by atoms with E-state index in [1.54, 1.807) is 0 Å². The first kappa shape index (κ1) is 9.60. The summed E-state index contributed by atoms with van der Waals surface area (Å²) in [6.07, 6.45) is 1.14. The summed E-state index contributed by atoms with van der Waals surface area (Å²) in [5, 5.41) is 3.16. The molecule has 1 amide bonds. The monoisotopic (exact) mass is 210 g/mol. The van der Waals surface area contributed by atoms with Gasteiger partial charge >= 0.3 is 0 Å². The lowest BCUT2D eigenvalue weighted by Crippen LogP contribution is -2.54. The van der Waals surface area contributed by atoms with Crippen molar-refractivity contribution < 1.29 is 9.53 Å². The maximum Gasteiger partial charge on any atom is 0.228 e. The van der Waals surface area contributed by atoms with E-state index in [1.165, 1.54) is 0 Å². The summed E-state index contributed by atoms with van der Waals surface area (Å²) in [4.78, 5) is 14.1. The predicted molar refractivity (Wildman–Crippen MR) is 55.4 cm³/mol. The zero-order valence-electron chi connectivity index (χ0n) is 8.95. The molecule has 15 heavy (non-hydrogen) atoms. The van der Waals surface area contributed by atoms with E-state index in [2.05, 4.69) is 10.2 Å². The molecule has 0 aliphatic carbocycles. The number of hydrogen-bond donors (Lipinski definition) is 1. The van der Waals surface area contributed by atoms with Gasteiger partial charge in [-0.2, -0.15) is 0 Å². The Morgan fingerprint density at radius 2 is 2.07 bits per heavy atom. The first-order valence-electron chi connectivity index (χ1n) is 5.92. The highest BCUT2D eigenvalue weighted by atomic mass is 16.5. The topological polar surface area (TPSA) is 41.6 Å². The predicted octanol–water partition coefficient (Wildman–Crippen LogP) is -0.299. The summed E-state index contributed by atoms with van der Waals surface area (Å²) in [5.74, 6) is 1.94. The average Bonchev–Trinajstić information content (AvgIpc) is 2.61. The van der Waals surface area contributed by atoms with E-state index in [4.69, 9.17) is 4.74 Å². The number of nitrogens with one attached hydrogen (secondary N) is 1. The Hall–Kier alpha value is -0.610.